The van der Waals surface area contributed by atoms with E-state index in [1.54, 1.807) is 26.2 Å². The molecule has 0 saturated carbocycles. The van der Waals surface area contributed by atoms with Crippen LogP contribution in [-0.4, -0.2) is 18.2 Å². The van der Waals surface area contributed by atoms with Gasteiger partial charge in [0.15, 0.2) is 0 Å². The van der Waals surface area contributed by atoms with Gasteiger partial charge in [-0.15, -0.1) is 0 Å². The summed E-state index contributed by atoms with van der Waals surface area (Å²) in [5.41, 5.74) is 1.21. The average Bonchev–Trinajstić information content (AvgIpc) is 3.43. The van der Waals surface area contributed by atoms with Gasteiger partial charge in [-0.2, -0.15) is 0 Å². The molecule has 7 nitrogen and oxygen atoms in total. The van der Waals surface area contributed by atoms with E-state index < -0.39 is 7.60 Å². The molecular formula is C23H25N2O5P. The minimum Gasteiger partial charge on any atom is -0.467 e. The number of hydrogen-bond donors (Lipinski definition) is 1. The van der Waals surface area contributed by atoms with Crippen molar-refractivity contribution in [1.82, 2.24) is 4.98 Å². The van der Waals surface area contributed by atoms with E-state index in [4.69, 9.17) is 17.9 Å². The van der Waals surface area contributed by atoms with Gasteiger partial charge in [-0.1, -0.05) is 42.5 Å². The normalized spacial score (nSPS) is 11.8. The molecule has 1 N–H and O–H groups in total. The van der Waals surface area contributed by atoms with Crippen LogP contribution in [0.1, 0.15) is 31.1 Å². The first-order chi connectivity index (χ1) is 15.1. The van der Waals surface area contributed by atoms with Crippen LogP contribution in [0.3, 0.4) is 0 Å². The van der Waals surface area contributed by atoms with Crippen molar-refractivity contribution in [2.24, 2.45) is 0 Å². The summed E-state index contributed by atoms with van der Waals surface area (Å²) in [5, 5.41) is 5.38. The number of aromatic nitrogens is 1. The van der Waals surface area contributed by atoms with E-state index in [0.717, 1.165) is 16.3 Å². The van der Waals surface area contributed by atoms with Crippen LogP contribution >= 0.6 is 7.60 Å². The van der Waals surface area contributed by atoms with Gasteiger partial charge in [0.05, 0.1) is 32.4 Å². The van der Waals surface area contributed by atoms with Gasteiger partial charge in [-0.3, -0.25) is 4.57 Å². The van der Waals surface area contributed by atoms with E-state index in [1.165, 1.54) is 0 Å². The molecule has 4 aromatic rings. The van der Waals surface area contributed by atoms with Crippen molar-refractivity contribution >= 4 is 29.7 Å². The molecule has 0 bridgehead atoms. The summed E-state index contributed by atoms with van der Waals surface area (Å²) in [6.07, 6.45) is 2.03. The van der Waals surface area contributed by atoms with Gasteiger partial charge in [0.2, 0.25) is 17.2 Å². The molecule has 8 heteroatoms. The predicted octanol–water partition coefficient (Wildman–Crippen LogP) is 5.52. The minimum absolute atomic E-state index is 0.151. The second-order valence-corrected chi connectivity index (χ2v) is 8.78. The Morgan fingerprint density at radius 2 is 1.77 bits per heavy atom. The predicted molar refractivity (Wildman–Crippen MR) is 120 cm³/mol. The fourth-order valence-electron chi connectivity index (χ4n) is 3.42. The number of nitrogens with one attached hydrogen (secondary N) is 1. The highest BCUT2D eigenvalue weighted by atomic mass is 31.2. The number of hydrogen-bond acceptors (Lipinski definition) is 7. The van der Waals surface area contributed by atoms with Gasteiger partial charge in [-0.05, 0) is 42.3 Å². The van der Waals surface area contributed by atoms with Crippen molar-refractivity contribution in [2.45, 2.75) is 26.8 Å². The van der Waals surface area contributed by atoms with E-state index in [9.17, 15) is 4.57 Å². The van der Waals surface area contributed by atoms with Crippen molar-refractivity contribution < 1.29 is 22.4 Å². The van der Waals surface area contributed by atoms with Crippen molar-refractivity contribution in [3.63, 3.8) is 0 Å². The average molecular weight is 440 g/mol. The molecule has 0 aliphatic carbocycles. The number of fused-ring (bicyclic) bond motifs is 1. The van der Waals surface area contributed by atoms with Crippen LogP contribution in [0.2, 0.25) is 0 Å². The molecule has 0 aliphatic rings. The Balaban J connectivity index is 1.70. The lowest BCUT2D eigenvalue weighted by atomic mass is 10.0. The monoisotopic (exact) mass is 440 g/mol. The fourth-order valence-corrected chi connectivity index (χ4v) is 5.03. The van der Waals surface area contributed by atoms with Crippen LogP contribution in [-0.2, 0) is 26.6 Å². The Morgan fingerprint density at radius 1 is 1.00 bits per heavy atom. The molecule has 31 heavy (non-hydrogen) atoms. The molecule has 2 aromatic heterocycles. The van der Waals surface area contributed by atoms with Crippen LogP contribution < -0.4 is 10.8 Å². The number of benzene rings is 2. The van der Waals surface area contributed by atoms with E-state index in [2.05, 4.69) is 28.5 Å². The first-order valence-electron chi connectivity index (χ1n) is 10.2. The van der Waals surface area contributed by atoms with E-state index in [1.807, 2.05) is 30.3 Å². The van der Waals surface area contributed by atoms with Gasteiger partial charge in [0, 0.05) is 0 Å². The summed E-state index contributed by atoms with van der Waals surface area (Å²) in [5.74, 6) is 1.39. The van der Waals surface area contributed by atoms with E-state index in [0.29, 0.717) is 24.6 Å². The summed E-state index contributed by atoms with van der Waals surface area (Å²) in [6.45, 7) is 4.32. The largest absolute Gasteiger partial charge is 0.467 e. The van der Waals surface area contributed by atoms with Gasteiger partial charge < -0.3 is 23.2 Å². The van der Waals surface area contributed by atoms with Crippen LogP contribution in [0.25, 0.3) is 10.8 Å². The highest BCUT2D eigenvalue weighted by Crippen LogP contribution is 2.48. The maximum Gasteiger partial charge on any atom is 0.385 e. The molecule has 0 spiro atoms. The Hall–Kier alpha value is -2.86. The van der Waals surface area contributed by atoms with Crippen molar-refractivity contribution in [3.8, 4) is 0 Å². The van der Waals surface area contributed by atoms with Crippen LogP contribution in [0.4, 0.5) is 5.88 Å². The number of rotatable bonds is 10. The highest BCUT2D eigenvalue weighted by Gasteiger charge is 2.35. The molecule has 0 amide bonds. The van der Waals surface area contributed by atoms with Crippen molar-refractivity contribution in [3.05, 3.63) is 78.1 Å². The third kappa shape index (κ3) is 4.74. The third-order valence-electron chi connectivity index (χ3n) is 4.74. The summed E-state index contributed by atoms with van der Waals surface area (Å²) in [4.78, 5) is 4.55. The fraction of sp³-hybridized carbons (Fsp3) is 0.261. The van der Waals surface area contributed by atoms with Crippen LogP contribution in [0, 0.1) is 0 Å². The zero-order valence-electron chi connectivity index (χ0n) is 17.5. The van der Waals surface area contributed by atoms with Gasteiger partial charge in [0.1, 0.15) is 5.76 Å². The highest BCUT2D eigenvalue weighted by molar-refractivity contribution is 7.62. The Bertz CT molecular complexity index is 1170. The maximum atomic E-state index is 13.4. The molecule has 4 rings (SSSR count). The zero-order chi connectivity index (χ0) is 21.7. The first-order valence-corrected chi connectivity index (χ1v) is 11.8. The molecule has 2 aromatic carbocycles. The molecule has 162 valence electrons. The topological polar surface area (TPSA) is 86.7 Å². The summed E-state index contributed by atoms with van der Waals surface area (Å²) >= 11 is 0. The molecule has 0 unspecified atom stereocenters. The molecule has 0 saturated heterocycles. The lowest BCUT2D eigenvalue weighted by Gasteiger charge is -2.15. The summed E-state index contributed by atoms with van der Waals surface area (Å²) in [6, 6.07) is 17.9. The van der Waals surface area contributed by atoms with Gasteiger partial charge in [-0.25, -0.2) is 4.98 Å². The Labute approximate surface area is 180 Å². The van der Waals surface area contributed by atoms with Crippen molar-refractivity contribution in [1.29, 1.82) is 0 Å². The summed E-state index contributed by atoms with van der Waals surface area (Å²) in [7, 11) is -3.65. The lowest BCUT2D eigenvalue weighted by Crippen LogP contribution is -2.16. The quantitative estimate of drug-likeness (QED) is 0.325. The van der Waals surface area contributed by atoms with Gasteiger partial charge >= 0.3 is 7.60 Å². The molecule has 0 aliphatic heterocycles. The summed E-state index contributed by atoms with van der Waals surface area (Å²) < 4.78 is 35.9. The standard InChI is InChI=1S/C23H25N2O5P/c1-3-28-31(26,29-4-2)23-22(24-16-19-12-8-14-27-19)30-21(25-23)15-18-11-7-10-17-9-5-6-13-20(17)18/h5-14,24H,3-4,15-16H2,1-2H3. The number of anilines is 1. The minimum atomic E-state index is -3.65. The van der Waals surface area contributed by atoms with Crippen LogP contribution in [0.15, 0.2) is 69.7 Å². The molecule has 0 radical (unpaired) electrons. The number of nitrogens with zero attached hydrogens (tertiary/aromatic N) is 1. The third-order valence-corrected chi connectivity index (χ3v) is 6.75. The number of oxazole rings is 1. The molecule has 0 atom stereocenters. The Morgan fingerprint density at radius 3 is 2.52 bits per heavy atom. The van der Waals surface area contributed by atoms with Crippen molar-refractivity contribution in [2.75, 3.05) is 18.5 Å². The zero-order valence-corrected chi connectivity index (χ0v) is 18.4. The maximum absolute atomic E-state index is 13.4. The number of furan rings is 1. The SMILES string of the molecule is CCOP(=O)(OCC)c1nc(Cc2cccc3ccccc23)oc1NCc1ccco1. The second kappa shape index (κ2) is 9.52. The lowest BCUT2D eigenvalue weighted by molar-refractivity contribution is 0.229. The Kier molecular flexibility index (Phi) is 6.56. The second-order valence-electron chi connectivity index (χ2n) is 6.84. The molecule has 0 fully saturated rings. The molecule has 2 heterocycles. The van der Waals surface area contributed by atoms with Crippen LogP contribution in [0.5, 0.6) is 0 Å². The van der Waals surface area contributed by atoms with Gasteiger partial charge in [0.25, 0.3) is 0 Å². The smallest absolute Gasteiger partial charge is 0.385 e. The van der Waals surface area contributed by atoms with E-state index >= 15 is 0 Å². The molecular weight excluding hydrogens is 415 g/mol. The van der Waals surface area contributed by atoms with E-state index in [-0.39, 0.29) is 24.5 Å². The first kappa shape index (κ1) is 21.4.